The standard InChI is InChI=1S/C4HCl2F3O4/c5-1(6)2(10)12-13-3(11)4(7,8)9/h1H. The van der Waals surface area contributed by atoms with Crippen LogP contribution in [0.3, 0.4) is 0 Å². The Morgan fingerprint density at radius 2 is 1.62 bits per heavy atom. The molecule has 76 valence electrons. The van der Waals surface area contributed by atoms with Crippen molar-refractivity contribution in [2.24, 2.45) is 0 Å². The van der Waals surface area contributed by atoms with Crippen molar-refractivity contribution in [3.05, 3.63) is 0 Å². The van der Waals surface area contributed by atoms with Crippen LogP contribution in [0.4, 0.5) is 13.2 Å². The SMILES string of the molecule is O=C(OOC(=O)C(F)(F)F)C(Cl)Cl. The van der Waals surface area contributed by atoms with Gasteiger partial charge in [-0.15, -0.1) is 0 Å². The summed E-state index contributed by atoms with van der Waals surface area (Å²) in [5.41, 5.74) is 0. The normalized spacial score (nSPS) is 11.2. The first-order valence-electron chi connectivity index (χ1n) is 2.53. The Hall–Kier alpha value is -0.690. The number of carbonyl (C=O) groups excluding carboxylic acids is 2. The van der Waals surface area contributed by atoms with Gasteiger partial charge in [0.15, 0.2) is 0 Å². The third-order valence-electron chi connectivity index (χ3n) is 0.609. The molecule has 0 heterocycles. The van der Waals surface area contributed by atoms with Gasteiger partial charge < -0.3 is 0 Å². The number of carbonyl (C=O) groups is 2. The van der Waals surface area contributed by atoms with Crippen molar-refractivity contribution in [3.8, 4) is 0 Å². The van der Waals surface area contributed by atoms with Crippen molar-refractivity contribution >= 4 is 35.1 Å². The number of halogens is 5. The second kappa shape index (κ2) is 4.52. The summed E-state index contributed by atoms with van der Waals surface area (Å²) in [7, 11) is 0. The molecule has 0 rings (SSSR count). The predicted molar refractivity (Wildman–Crippen MR) is 33.7 cm³/mol. The Labute approximate surface area is 79.4 Å². The molecule has 13 heavy (non-hydrogen) atoms. The van der Waals surface area contributed by atoms with Crippen molar-refractivity contribution in [2.45, 2.75) is 11.0 Å². The summed E-state index contributed by atoms with van der Waals surface area (Å²) in [4.78, 5) is 24.8. The fourth-order valence-electron chi connectivity index (χ4n) is 0.163. The maximum Gasteiger partial charge on any atom is 0.495 e. The van der Waals surface area contributed by atoms with Crippen LogP contribution in [-0.4, -0.2) is 23.0 Å². The molecule has 0 fully saturated rings. The highest BCUT2D eigenvalue weighted by molar-refractivity contribution is 6.52. The summed E-state index contributed by atoms with van der Waals surface area (Å²) in [6, 6.07) is 0. The van der Waals surface area contributed by atoms with Gasteiger partial charge in [-0.05, 0) is 0 Å². The Kier molecular flexibility index (Phi) is 4.28. The Morgan fingerprint density at radius 3 is 1.92 bits per heavy atom. The quantitative estimate of drug-likeness (QED) is 0.395. The molecule has 0 aromatic heterocycles. The minimum Gasteiger partial charge on any atom is -0.244 e. The Balaban J connectivity index is 3.92. The molecule has 9 heteroatoms. The van der Waals surface area contributed by atoms with E-state index < -0.39 is 23.0 Å². The zero-order valence-electron chi connectivity index (χ0n) is 5.60. The summed E-state index contributed by atoms with van der Waals surface area (Å²) in [6.07, 6.45) is -5.24. The fourth-order valence-corrected chi connectivity index (χ4v) is 0.235. The van der Waals surface area contributed by atoms with Crippen LogP contribution in [0.5, 0.6) is 0 Å². The lowest BCUT2D eigenvalue weighted by Crippen LogP contribution is -2.27. The van der Waals surface area contributed by atoms with Gasteiger partial charge in [0.05, 0.1) is 0 Å². The van der Waals surface area contributed by atoms with E-state index in [-0.39, 0.29) is 0 Å². The smallest absolute Gasteiger partial charge is 0.244 e. The molecule has 0 saturated heterocycles. The highest BCUT2D eigenvalue weighted by Gasteiger charge is 2.43. The molecule has 0 spiro atoms. The van der Waals surface area contributed by atoms with Gasteiger partial charge in [-0.1, -0.05) is 23.2 Å². The molecule has 0 N–H and O–H groups in total. The van der Waals surface area contributed by atoms with Crippen LogP contribution < -0.4 is 0 Å². The zero-order valence-corrected chi connectivity index (χ0v) is 7.11. The first-order chi connectivity index (χ1) is 5.75. The second-order valence-electron chi connectivity index (χ2n) is 1.57. The summed E-state index contributed by atoms with van der Waals surface area (Å²) in [5.74, 6) is -4.18. The molecule has 0 aromatic rings. The van der Waals surface area contributed by atoms with Gasteiger partial charge in [-0.25, -0.2) is 19.4 Å². The maximum absolute atomic E-state index is 11.4. The zero-order chi connectivity index (χ0) is 10.6. The van der Waals surface area contributed by atoms with Gasteiger partial charge in [0, 0.05) is 0 Å². The van der Waals surface area contributed by atoms with Crippen LogP contribution in [0.1, 0.15) is 0 Å². The van der Waals surface area contributed by atoms with E-state index in [0.29, 0.717) is 0 Å². The molecule has 0 unspecified atom stereocenters. The van der Waals surface area contributed by atoms with Crippen molar-refractivity contribution in [1.29, 1.82) is 0 Å². The molecule has 0 atom stereocenters. The third-order valence-corrected chi connectivity index (χ3v) is 0.965. The topological polar surface area (TPSA) is 52.6 Å². The van der Waals surface area contributed by atoms with E-state index in [1.807, 2.05) is 0 Å². The summed E-state index contributed by atoms with van der Waals surface area (Å²) < 4.78 is 34.1. The Morgan fingerprint density at radius 1 is 1.15 bits per heavy atom. The lowest BCUT2D eigenvalue weighted by molar-refractivity contribution is -0.284. The van der Waals surface area contributed by atoms with E-state index >= 15 is 0 Å². The highest BCUT2D eigenvalue weighted by atomic mass is 35.5. The van der Waals surface area contributed by atoms with Crippen LogP contribution in [0.25, 0.3) is 0 Å². The van der Waals surface area contributed by atoms with E-state index in [0.717, 1.165) is 0 Å². The predicted octanol–water partition coefficient (Wildman–Crippen LogP) is 1.35. The minimum absolute atomic E-state index is 1.51. The monoisotopic (exact) mass is 240 g/mol. The second-order valence-corrected chi connectivity index (χ2v) is 2.67. The maximum atomic E-state index is 11.4. The van der Waals surface area contributed by atoms with Gasteiger partial charge in [0.1, 0.15) is 0 Å². The van der Waals surface area contributed by atoms with E-state index in [1.165, 1.54) is 0 Å². The lowest BCUT2D eigenvalue weighted by Gasteiger charge is -2.04. The van der Waals surface area contributed by atoms with Crippen molar-refractivity contribution in [2.75, 3.05) is 0 Å². The molecule has 0 aromatic carbocycles. The van der Waals surface area contributed by atoms with Gasteiger partial charge in [0.25, 0.3) is 0 Å². The van der Waals surface area contributed by atoms with E-state index in [1.54, 1.807) is 0 Å². The molecule has 0 aliphatic carbocycles. The van der Waals surface area contributed by atoms with Gasteiger partial charge in [0.2, 0.25) is 4.84 Å². The molecule has 4 nitrogen and oxygen atoms in total. The summed E-state index contributed by atoms with van der Waals surface area (Å²) in [6.45, 7) is 0. The highest BCUT2D eigenvalue weighted by Crippen LogP contribution is 2.17. The molecule has 0 radical (unpaired) electrons. The number of hydrogen-bond acceptors (Lipinski definition) is 4. The fraction of sp³-hybridized carbons (Fsp3) is 0.500. The molecule has 0 aliphatic rings. The lowest BCUT2D eigenvalue weighted by atomic mass is 10.7. The molecule has 0 saturated carbocycles. The van der Waals surface area contributed by atoms with Gasteiger partial charge in [-0.3, -0.25) is 0 Å². The summed E-state index contributed by atoms with van der Waals surface area (Å²) in [5, 5.41) is 0. The number of hydrogen-bond donors (Lipinski definition) is 0. The minimum atomic E-state index is -5.24. The Bertz CT molecular complexity index is 214. The molecular weight excluding hydrogens is 240 g/mol. The number of rotatable bonds is 1. The van der Waals surface area contributed by atoms with Gasteiger partial charge >= 0.3 is 18.1 Å². The van der Waals surface area contributed by atoms with Crippen LogP contribution in [0.15, 0.2) is 0 Å². The van der Waals surface area contributed by atoms with Crippen molar-refractivity contribution in [1.82, 2.24) is 0 Å². The van der Waals surface area contributed by atoms with Crippen LogP contribution >= 0.6 is 23.2 Å². The van der Waals surface area contributed by atoms with Crippen LogP contribution in [-0.2, 0) is 19.4 Å². The largest absolute Gasteiger partial charge is 0.495 e. The third kappa shape index (κ3) is 4.79. The first-order valence-corrected chi connectivity index (χ1v) is 3.40. The van der Waals surface area contributed by atoms with E-state index in [9.17, 15) is 22.8 Å². The first kappa shape index (κ1) is 12.3. The molecule has 0 bridgehead atoms. The number of alkyl halides is 5. The average Bonchev–Trinajstić information content (AvgIpc) is 1.97. The molecular formula is C4HCl2F3O4. The summed E-state index contributed by atoms with van der Waals surface area (Å²) >= 11 is 9.69. The van der Waals surface area contributed by atoms with Crippen molar-refractivity contribution < 1.29 is 32.5 Å². The van der Waals surface area contributed by atoms with Crippen LogP contribution in [0, 0.1) is 0 Å². The molecule has 0 amide bonds. The van der Waals surface area contributed by atoms with E-state index in [2.05, 4.69) is 9.78 Å². The van der Waals surface area contributed by atoms with Crippen LogP contribution in [0.2, 0.25) is 0 Å². The van der Waals surface area contributed by atoms with E-state index in [4.69, 9.17) is 23.2 Å². The van der Waals surface area contributed by atoms with Crippen molar-refractivity contribution in [3.63, 3.8) is 0 Å². The molecule has 0 aliphatic heterocycles. The van der Waals surface area contributed by atoms with Gasteiger partial charge in [-0.2, -0.15) is 13.2 Å². The average molecular weight is 241 g/mol.